The molecule has 2 aliphatic rings. The summed E-state index contributed by atoms with van der Waals surface area (Å²) in [6, 6.07) is -0.233. The summed E-state index contributed by atoms with van der Waals surface area (Å²) >= 11 is 0. The summed E-state index contributed by atoms with van der Waals surface area (Å²) in [7, 11) is 0. The number of hydrogen-bond donors (Lipinski definition) is 1. The zero-order valence-electron chi connectivity index (χ0n) is 12.6. The van der Waals surface area contributed by atoms with Gasteiger partial charge in [-0.05, 0) is 31.1 Å². The predicted molar refractivity (Wildman–Crippen MR) is 74.2 cm³/mol. The number of piperidine rings is 1. The summed E-state index contributed by atoms with van der Waals surface area (Å²) in [5, 5.41) is 9.40. The van der Waals surface area contributed by atoms with Gasteiger partial charge in [-0.25, -0.2) is 0 Å². The van der Waals surface area contributed by atoms with Gasteiger partial charge in [0.1, 0.15) is 0 Å². The summed E-state index contributed by atoms with van der Waals surface area (Å²) in [6.07, 6.45) is 2.20. The minimum atomic E-state index is -0.792. The highest BCUT2D eigenvalue weighted by molar-refractivity contribution is 5.81. The van der Waals surface area contributed by atoms with Crippen LogP contribution in [-0.2, 0) is 14.3 Å². The van der Waals surface area contributed by atoms with Gasteiger partial charge in [0, 0.05) is 32.2 Å². The number of likely N-dealkylation sites (tertiary alicyclic amines) is 1. The van der Waals surface area contributed by atoms with E-state index in [1.807, 2.05) is 13.8 Å². The van der Waals surface area contributed by atoms with Crippen molar-refractivity contribution in [3.05, 3.63) is 0 Å². The fourth-order valence-electron chi connectivity index (χ4n) is 3.53. The molecule has 0 radical (unpaired) electrons. The van der Waals surface area contributed by atoms with Gasteiger partial charge in [-0.2, -0.15) is 0 Å². The first-order valence-electron chi connectivity index (χ1n) is 7.44. The highest BCUT2D eigenvalue weighted by Crippen LogP contribution is 2.36. The minimum Gasteiger partial charge on any atom is -0.481 e. The van der Waals surface area contributed by atoms with E-state index in [0.29, 0.717) is 13.0 Å². The van der Waals surface area contributed by atoms with E-state index in [-0.39, 0.29) is 23.3 Å². The molecule has 0 aromatic carbocycles. The molecule has 0 aromatic rings. The molecule has 1 amide bonds. The van der Waals surface area contributed by atoms with Gasteiger partial charge in [-0.1, -0.05) is 13.8 Å². The third-order valence-electron chi connectivity index (χ3n) is 4.98. The lowest BCUT2D eigenvalue weighted by molar-refractivity contribution is -0.157. The van der Waals surface area contributed by atoms with E-state index in [4.69, 9.17) is 4.74 Å². The number of rotatable bonds is 3. The molecule has 0 aliphatic carbocycles. The number of nitrogens with zero attached hydrogens (tertiary/aromatic N) is 1. The Kier molecular flexibility index (Phi) is 4.37. The third-order valence-corrected chi connectivity index (χ3v) is 4.98. The van der Waals surface area contributed by atoms with E-state index in [9.17, 15) is 14.7 Å². The van der Waals surface area contributed by atoms with Crippen molar-refractivity contribution in [2.24, 2.45) is 17.3 Å². The standard InChI is InChI=1S/C15H25NO4/c1-10-8-12(17)16(11(2)13(10)14(18)19)9-15(3)4-6-20-7-5-15/h10-11,13H,4-9H2,1-3H3,(H,18,19). The minimum absolute atomic E-state index is 0.0474. The molecule has 5 heteroatoms. The Balaban J connectivity index is 2.12. The highest BCUT2D eigenvalue weighted by Gasteiger charge is 2.44. The number of aliphatic carboxylic acids is 1. The zero-order chi connectivity index (χ0) is 14.9. The van der Waals surface area contributed by atoms with Crippen molar-refractivity contribution in [2.75, 3.05) is 19.8 Å². The molecule has 114 valence electrons. The van der Waals surface area contributed by atoms with Crippen LogP contribution in [0.2, 0.25) is 0 Å². The molecule has 5 nitrogen and oxygen atoms in total. The van der Waals surface area contributed by atoms with Gasteiger partial charge < -0.3 is 14.7 Å². The Labute approximate surface area is 120 Å². The van der Waals surface area contributed by atoms with E-state index >= 15 is 0 Å². The molecule has 3 unspecified atom stereocenters. The van der Waals surface area contributed by atoms with Crippen molar-refractivity contribution >= 4 is 11.9 Å². The SMILES string of the molecule is CC1CC(=O)N(CC2(C)CCOCC2)C(C)C1C(=O)O. The Morgan fingerprint density at radius 2 is 2.00 bits per heavy atom. The molecule has 0 aromatic heterocycles. The molecule has 2 aliphatic heterocycles. The molecule has 0 bridgehead atoms. The van der Waals surface area contributed by atoms with Gasteiger partial charge in [0.25, 0.3) is 0 Å². The van der Waals surface area contributed by atoms with Crippen LogP contribution in [0.1, 0.15) is 40.0 Å². The number of carbonyl (C=O) groups excluding carboxylic acids is 1. The van der Waals surface area contributed by atoms with Gasteiger partial charge in [0.15, 0.2) is 0 Å². The van der Waals surface area contributed by atoms with E-state index in [1.54, 1.807) is 4.90 Å². The van der Waals surface area contributed by atoms with Crippen LogP contribution in [-0.4, -0.2) is 47.7 Å². The molecule has 20 heavy (non-hydrogen) atoms. The topological polar surface area (TPSA) is 66.8 Å². The Bertz CT molecular complexity index is 389. The number of amides is 1. The molecule has 3 atom stereocenters. The molecule has 2 heterocycles. The van der Waals surface area contributed by atoms with Crippen molar-refractivity contribution in [3.63, 3.8) is 0 Å². The van der Waals surface area contributed by atoms with Crippen LogP contribution in [0, 0.1) is 17.3 Å². The molecule has 2 rings (SSSR count). The lowest BCUT2D eigenvalue weighted by Gasteiger charge is -2.46. The summed E-state index contributed by atoms with van der Waals surface area (Å²) in [4.78, 5) is 25.5. The molecule has 2 fully saturated rings. The second kappa shape index (κ2) is 5.72. The summed E-state index contributed by atoms with van der Waals surface area (Å²) < 4.78 is 5.39. The molecular weight excluding hydrogens is 258 g/mol. The van der Waals surface area contributed by atoms with Crippen molar-refractivity contribution < 1.29 is 19.4 Å². The Morgan fingerprint density at radius 3 is 2.55 bits per heavy atom. The fraction of sp³-hybridized carbons (Fsp3) is 0.867. The summed E-state index contributed by atoms with van der Waals surface area (Å²) in [6.45, 7) is 8.00. The molecule has 2 saturated heterocycles. The lowest BCUT2D eigenvalue weighted by Crippen LogP contribution is -2.55. The van der Waals surface area contributed by atoms with Crippen LogP contribution >= 0.6 is 0 Å². The monoisotopic (exact) mass is 283 g/mol. The quantitative estimate of drug-likeness (QED) is 0.857. The van der Waals surface area contributed by atoms with Gasteiger partial charge in [-0.3, -0.25) is 9.59 Å². The van der Waals surface area contributed by atoms with E-state index in [1.165, 1.54) is 0 Å². The van der Waals surface area contributed by atoms with E-state index in [2.05, 4.69) is 6.92 Å². The smallest absolute Gasteiger partial charge is 0.308 e. The number of hydrogen-bond acceptors (Lipinski definition) is 3. The van der Waals surface area contributed by atoms with Gasteiger partial charge in [0.2, 0.25) is 5.91 Å². The van der Waals surface area contributed by atoms with Crippen LogP contribution in [0.15, 0.2) is 0 Å². The van der Waals surface area contributed by atoms with Gasteiger partial charge >= 0.3 is 5.97 Å². The second-order valence-corrected chi connectivity index (χ2v) is 6.73. The van der Waals surface area contributed by atoms with Crippen LogP contribution in [0.3, 0.4) is 0 Å². The molecule has 0 saturated carbocycles. The Morgan fingerprint density at radius 1 is 1.40 bits per heavy atom. The van der Waals surface area contributed by atoms with Crippen molar-refractivity contribution in [1.82, 2.24) is 4.90 Å². The van der Waals surface area contributed by atoms with Gasteiger partial charge in [-0.15, -0.1) is 0 Å². The van der Waals surface area contributed by atoms with Crippen molar-refractivity contribution in [3.8, 4) is 0 Å². The van der Waals surface area contributed by atoms with Crippen LogP contribution in [0.5, 0.6) is 0 Å². The normalized spacial score (nSPS) is 34.0. The van der Waals surface area contributed by atoms with Crippen molar-refractivity contribution in [2.45, 2.75) is 46.1 Å². The first kappa shape index (κ1) is 15.3. The maximum Gasteiger partial charge on any atom is 0.308 e. The first-order valence-corrected chi connectivity index (χ1v) is 7.44. The predicted octanol–water partition coefficient (Wildman–Crippen LogP) is 1.76. The van der Waals surface area contributed by atoms with Crippen LogP contribution < -0.4 is 0 Å². The summed E-state index contributed by atoms with van der Waals surface area (Å²) in [5.41, 5.74) is 0.0474. The number of ether oxygens (including phenoxy) is 1. The average Bonchev–Trinajstić information content (AvgIpc) is 2.34. The third kappa shape index (κ3) is 2.97. The van der Waals surface area contributed by atoms with Crippen LogP contribution in [0.4, 0.5) is 0 Å². The Hall–Kier alpha value is -1.10. The maximum atomic E-state index is 12.3. The zero-order valence-corrected chi connectivity index (χ0v) is 12.6. The number of carboxylic acids is 1. The molecular formula is C15H25NO4. The summed E-state index contributed by atoms with van der Waals surface area (Å²) in [5.74, 6) is -1.25. The van der Waals surface area contributed by atoms with E-state index in [0.717, 1.165) is 26.1 Å². The first-order chi connectivity index (χ1) is 9.34. The second-order valence-electron chi connectivity index (χ2n) is 6.73. The highest BCUT2D eigenvalue weighted by atomic mass is 16.5. The van der Waals surface area contributed by atoms with Crippen molar-refractivity contribution in [1.29, 1.82) is 0 Å². The lowest BCUT2D eigenvalue weighted by atomic mass is 9.77. The number of carboxylic acid groups (broad SMARTS) is 1. The largest absolute Gasteiger partial charge is 0.481 e. The maximum absolute atomic E-state index is 12.3. The van der Waals surface area contributed by atoms with Crippen LogP contribution in [0.25, 0.3) is 0 Å². The fourth-order valence-corrected chi connectivity index (χ4v) is 3.53. The average molecular weight is 283 g/mol. The van der Waals surface area contributed by atoms with E-state index < -0.39 is 11.9 Å². The molecule has 1 N–H and O–H groups in total. The molecule has 0 spiro atoms. The number of carbonyl (C=O) groups is 2. The van der Waals surface area contributed by atoms with Gasteiger partial charge in [0.05, 0.1) is 5.92 Å².